The number of nitrogens with zero attached hydrogens (tertiary/aromatic N) is 1. The molecule has 0 spiro atoms. The second-order valence-corrected chi connectivity index (χ2v) is 4.01. The zero-order valence-electron chi connectivity index (χ0n) is 6.59. The predicted octanol–water partition coefficient (Wildman–Crippen LogP) is 3.23. The molecule has 1 aromatic carbocycles. The van der Waals surface area contributed by atoms with Crippen molar-refractivity contribution < 1.29 is 0 Å². The van der Waals surface area contributed by atoms with Crippen LogP contribution in [0.25, 0.3) is 10.9 Å². The summed E-state index contributed by atoms with van der Waals surface area (Å²) in [5.41, 5.74) is 6.37. The number of nitrogen functional groups attached to an aromatic ring is 1. The van der Waals surface area contributed by atoms with Gasteiger partial charge in [0.15, 0.2) is 0 Å². The van der Waals surface area contributed by atoms with Crippen molar-refractivity contribution >= 4 is 44.3 Å². The fourth-order valence-corrected chi connectivity index (χ4v) is 1.80. The van der Waals surface area contributed by atoms with E-state index < -0.39 is 0 Å². The number of benzene rings is 1. The Bertz CT molecular complexity index is 470. The topological polar surface area (TPSA) is 38.9 Å². The monoisotopic (exact) mass is 256 g/mol. The average molecular weight is 258 g/mol. The fraction of sp³-hybridized carbons (Fsp3) is 0. The van der Waals surface area contributed by atoms with Gasteiger partial charge < -0.3 is 5.73 Å². The lowest BCUT2D eigenvalue weighted by molar-refractivity contribution is 1.41. The summed E-state index contributed by atoms with van der Waals surface area (Å²) in [6, 6.07) is 7.35. The van der Waals surface area contributed by atoms with Crippen LogP contribution in [0, 0.1) is 0 Å². The number of fused-ring (bicyclic) bond motifs is 1. The molecule has 0 radical (unpaired) electrons. The van der Waals surface area contributed by atoms with Gasteiger partial charge >= 0.3 is 0 Å². The lowest BCUT2D eigenvalue weighted by atomic mass is 10.2. The molecular weight excluding hydrogens is 251 g/mol. The van der Waals surface area contributed by atoms with E-state index in [9.17, 15) is 0 Å². The van der Waals surface area contributed by atoms with Crippen LogP contribution in [0.4, 0.5) is 5.82 Å². The number of anilines is 1. The van der Waals surface area contributed by atoms with E-state index in [0.29, 0.717) is 10.8 Å². The van der Waals surface area contributed by atoms with Crippen molar-refractivity contribution in [2.45, 2.75) is 0 Å². The summed E-state index contributed by atoms with van der Waals surface area (Å²) in [7, 11) is 0. The van der Waals surface area contributed by atoms with Gasteiger partial charge in [-0.05, 0) is 24.3 Å². The van der Waals surface area contributed by atoms with Crippen LogP contribution >= 0.6 is 27.5 Å². The molecule has 0 saturated heterocycles. The number of rotatable bonds is 0. The molecule has 13 heavy (non-hydrogen) atoms. The van der Waals surface area contributed by atoms with Gasteiger partial charge in [0.1, 0.15) is 5.82 Å². The summed E-state index contributed by atoms with van der Waals surface area (Å²) in [6.45, 7) is 0. The van der Waals surface area contributed by atoms with Crippen molar-refractivity contribution in [1.29, 1.82) is 0 Å². The lowest BCUT2D eigenvalue weighted by Gasteiger charge is -2.01. The maximum atomic E-state index is 5.99. The third-order valence-corrected chi connectivity index (χ3v) is 2.55. The molecule has 0 amide bonds. The van der Waals surface area contributed by atoms with E-state index in [1.165, 1.54) is 0 Å². The smallest absolute Gasteiger partial charge is 0.125 e. The summed E-state index contributed by atoms with van der Waals surface area (Å²) in [5, 5.41) is 1.54. The van der Waals surface area contributed by atoms with Gasteiger partial charge in [-0.25, -0.2) is 4.98 Å². The van der Waals surface area contributed by atoms with Crippen LogP contribution in [0.5, 0.6) is 0 Å². The average Bonchev–Trinajstić information content (AvgIpc) is 2.06. The third-order valence-electron chi connectivity index (χ3n) is 1.74. The van der Waals surface area contributed by atoms with Gasteiger partial charge in [0, 0.05) is 9.86 Å². The minimum atomic E-state index is 0.444. The number of hydrogen-bond donors (Lipinski definition) is 1. The maximum Gasteiger partial charge on any atom is 0.125 e. The van der Waals surface area contributed by atoms with Crippen LogP contribution in [-0.2, 0) is 0 Å². The van der Waals surface area contributed by atoms with Crippen molar-refractivity contribution in [3.8, 4) is 0 Å². The summed E-state index contributed by atoms with van der Waals surface area (Å²) in [4.78, 5) is 4.15. The Morgan fingerprint density at radius 2 is 2.08 bits per heavy atom. The largest absolute Gasteiger partial charge is 0.384 e. The highest BCUT2D eigenvalue weighted by Gasteiger charge is 2.02. The second-order valence-electron chi connectivity index (χ2n) is 2.69. The molecule has 1 aromatic heterocycles. The van der Waals surface area contributed by atoms with Crippen LogP contribution in [0.1, 0.15) is 0 Å². The zero-order valence-corrected chi connectivity index (χ0v) is 8.93. The van der Waals surface area contributed by atoms with Crippen molar-refractivity contribution in [3.05, 3.63) is 33.8 Å². The molecule has 0 saturated carbocycles. The minimum absolute atomic E-state index is 0.444. The Hall–Kier alpha value is -0.800. The maximum absolute atomic E-state index is 5.99. The number of hydrogen-bond acceptors (Lipinski definition) is 2. The molecule has 2 aromatic rings. The minimum Gasteiger partial charge on any atom is -0.384 e. The van der Waals surface area contributed by atoms with E-state index in [2.05, 4.69) is 20.9 Å². The number of halogens is 2. The van der Waals surface area contributed by atoms with E-state index >= 15 is 0 Å². The van der Waals surface area contributed by atoms with Crippen LogP contribution in [0.2, 0.25) is 5.02 Å². The van der Waals surface area contributed by atoms with Crippen LogP contribution in [-0.4, -0.2) is 4.98 Å². The van der Waals surface area contributed by atoms with Crippen molar-refractivity contribution in [2.75, 3.05) is 5.73 Å². The summed E-state index contributed by atoms with van der Waals surface area (Å²) in [5.74, 6) is 0.444. The fourth-order valence-electron chi connectivity index (χ4n) is 1.18. The molecule has 0 fully saturated rings. The van der Waals surface area contributed by atoms with Crippen molar-refractivity contribution in [1.82, 2.24) is 4.98 Å². The van der Waals surface area contributed by atoms with Crippen LogP contribution in [0.15, 0.2) is 28.7 Å². The van der Waals surface area contributed by atoms with Gasteiger partial charge in [0.25, 0.3) is 0 Å². The first kappa shape index (κ1) is 8.78. The van der Waals surface area contributed by atoms with Gasteiger partial charge in [-0.3, -0.25) is 0 Å². The predicted molar refractivity (Wildman–Crippen MR) is 58.9 cm³/mol. The molecule has 0 aliphatic rings. The molecule has 0 bridgehead atoms. The molecule has 0 aliphatic carbocycles. The Kier molecular flexibility index (Phi) is 2.14. The summed E-state index contributed by atoms with van der Waals surface area (Å²) in [6.07, 6.45) is 0. The molecule has 0 aliphatic heterocycles. The summed E-state index contributed by atoms with van der Waals surface area (Å²) >= 11 is 9.36. The van der Waals surface area contributed by atoms with Crippen LogP contribution < -0.4 is 5.73 Å². The van der Waals surface area contributed by atoms with E-state index in [1.807, 2.05) is 18.2 Å². The Labute approximate surface area is 88.8 Å². The first-order valence-electron chi connectivity index (χ1n) is 3.68. The molecule has 4 heteroatoms. The molecule has 0 unspecified atom stereocenters. The Morgan fingerprint density at radius 1 is 1.31 bits per heavy atom. The Morgan fingerprint density at radius 3 is 2.85 bits per heavy atom. The highest BCUT2D eigenvalue weighted by Crippen LogP contribution is 2.26. The molecule has 2 N–H and O–H groups in total. The van der Waals surface area contributed by atoms with Crippen LogP contribution in [0.3, 0.4) is 0 Å². The molecule has 2 nitrogen and oxygen atoms in total. The van der Waals surface area contributed by atoms with Gasteiger partial charge in [-0.1, -0.05) is 27.5 Å². The molecular formula is C9H6BrClN2. The molecule has 1 heterocycles. The first-order valence-corrected chi connectivity index (χ1v) is 4.85. The molecule has 2 rings (SSSR count). The van der Waals surface area contributed by atoms with Gasteiger partial charge in [0.05, 0.1) is 10.5 Å². The SMILES string of the molecule is Nc1cc(Cl)c2cc(Br)ccc2n1. The quantitative estimate of drug-likeness (QED) is 0.787. The Balaban J connectivity index is 2.87. The first-order chi connectivity index (χ1) is 6.16. The van der Waals surface area contributed by atoms with Crippen molar-refractivity contribution in [2.24, 2.45) is 0 Å². The van der Waals surface area contributed by atoms with Crippen molar-refractivity contribution in [3.63, 3.8) is 0 Å². The normalized spacial score (nSPS) is 10.6. The highest BCUT2D eigenvalue weighted by molar-refractivity contribution is 9.10. The zero-order chi connectivity index (χ0) is 9.42. The number of pyridine rings is 1. The van der Waals surface area contributed by atoms with Gasteiger partial charge in [0.2, 0.25) is 0 Å². The standard InChI is InChI=1S/C9H6BrClN2/c10-5-1-2-8-6(3-5)7(11)4-9(12)13-8/h1-4H,(H2,12,13). The number of nitrogens with two attached hydrogens (primary N) is 1. The van der Waals surface area contributed by atoms with Gasteiger partial charge in [-0.15, -0.1) is 0 Å². The third kappa shape index (κ3) is 1.62. The second kappa shape index (κ2) is 3.16. The number of aromatic nitrogens is 1. The molecule has 0 atom stereocenters. The lowest BCUT2D eigenvalue weighted by Crippen LogP contribution is -1.90. The van der Waals surface area contributed by atoms with E-state index in [-0.39, 0.29) is 0 Å². The molecule has 66 valence electrons. The van der Waals surface area contributed by atoms with E-state index in [0.717, 1.165) is 15.4 Å². The summed E-state index contributed by atoms with van der Waals surface area (Å²) < 4.78 is 0.980. The van der Waals surface area contributed by atoms with E-state index in [1.54, 1.807) is 6.07 Å². The van der Waals surface area contributed by atoms with Gasteiger partial charge in [-0.2, -0.15) is 0 Å². The highest BCUT2D eigenvalue weighted by atomic mass is 79.9. The van der Waals surface area contributed by atoms with E-state index in [4.69, 9.17) is 17.3 Å².